The molecule has 1 aromatic rings. The highest BCUT2D eigenvalue weighted by atomic mass is 16.3. The van der Waals surface area contributed by atoms with Crippen LogP contribution in [0, 0.1) is 5.41 Å². The van der Waals surface area contributed by atoms with E-state index in [0.29, 0.717) is 0 Å². The first-order chi connectivity index (χ1) is 7.79. The van der Waals surface area contributed by atoms with Crippen LogP contribution in [-0.2, 0) is 10.3 Å². The first-order valence-electron chi connectivity index (χ1n) is 5.63. The lowest BCUT2D eigenvalue weighted by Gasteiger charge is -2.32. The summed E-state index contributed by atoms with van der Waals surface area (Å²) in [5.74, 6) is -0.0918. The van der Waals surface area contributed by atoms with E-state index >= 15 is 0 Å². The topological polar surface area (TPSA) is 62.2 Å². The van der Waals surface area contributed by atoms with Crippen molar-refractivity contribution in [3.05, 3.63) is 30.1 Å². The van der Waals surface area contributed by atoms with Crippen molar-refractivity contribution in [1.82, 2.24) is 10.3 Å². The first kappa shape index (κ1) is 13.6. The number of hydrogen-bond donors (Lipinski definition) is 2. The Kier molecular flexibility index (Phi) is 3.88. The van der Waals surface area contributed by atoms with Gasteiger partial charge in [0.2, 0.25) is 5.91 Å². The summed E-state index contributed by atoms with van der Waals surface area (Å²) < 4.78 is 0. The van der Waals surface area contributed by atoms with Gasteiger partial charge >= 0.3 is 0 Å². The van der Waals surface area contributed by atoms with E-state index in [9.17, 15) is 9.90 Å². The molecule has 0 saturated heterocycles. The number of nitrogens with one attached hydrogen (secondary N) is 1. The van der Waals surface area contributed by atoms with Crippen LogP contribution in [0.4, 0.5) is 0 Å². The molecule has 0 radical (unpaired) electrons. The van der Waals surface area contributed by atoms with Crippen molar-refractivity contribution in [3.63, 3.8) is 0 Å². The van der Waals surface area contributed by atoms with Crippen LogP contribution in [0.5, 0.6) is 0 Å². The molecule has 1 aromatic heterocycles. The van der Waals surface area contributed by atoms with Gasteiger partial charge in [0, 0.05) is 17.8 Å². The Morgan fingerprint density at radius 1 is 1.29 bits per heavy atom. The van der Waals surface area contributed by atoms with Gasteiger partial charge in [-0.15, -0.1) is 0 Å². The molecule has 1 rings (SSSR count). The Balaban J connectivity index is 2.95. The fourth-order valence-corrected chi connectivity index (χ4v) is 1.36. The molecule has 1 atom stereocenters. The van der Waals surface area contributed by atoms with Crippen LogP contribution < -0.4 is 5.32 Å². The smallest absolute Gasteiger partial charge is 0.226 e. The van der Waals surface area contributed by atoms with Crippen LogP contribution in [-0.4, -0.2) is 22.6 Å². The average molecular weight is 236 g/mol. The molecule has 1 amide bonds. The van der Waals surface area contributed by atoms with Gasteiger partial charge in [0.15, 0.2) is 0 Å². The summed E-state index contributed by atoms with van der Waals surface area (Å²) in [4.78, 5) is 15.9. The largest absolute Gasteiger partial charge is 0.394 e. The summed E-state index contributed by atoms with van der Waals surface area (Å²) in [5.41, 5.74) is -0.413. The van der Waals surface area contributed by atoms with E-state index in [4.69, 9.17) is 0 Å². The highest BCUT2D eigenvalue weighted by Gasteiger charge is 2.32. The molecular weight excluding hydrogens is 216 g/mol. The molecule has 0 saturated carbocycles. The van der Waals surface area contributed by atoms with Crippen LogP contribution in [0.25, 0.3) is 0 Å². The van der Waals surface area contributed by atoms with Gasteiger partial charge in [-0.05, 0) is 24.6 Å². The maximum Gasteiger partial charge on any atom is 0.226 e. The fourth-order valence-electron chi connectivity index (χ4n) is 1.36. The van der Waals surface area contributed by atoms with Gasteiger partial charge in [-0.3, -0.25) is 9.78 Å². The third-order valence-corrected chi connectivity index (χ3v) is 2.70. The Morgan fingerprint density at radius 2 is 1.82 bits per heavy atom. The van der Waals surface area contributed by atoms with Crippen LogP contribution in [0.1, 0.15) is 33.3 Å². The molecule has 2 N–H and O–H groups in total. The highest BCUT2D eigenvalue weighted by molar-refractivity contribution is 5.82. The van der Waals surface area contributed by atoms with Crippen molar-refractivity contribution < 1.29 is 9.90 Å². The van der Waals surface area contributed by atoms with Crippen molar-refractivity contribution >= 4 is 5.91 Å². The van der Waals surface area contributed by atoms with Crippen molar-refractivity contribution in [2.75, 3.05) is 6.61 Å². The minimum absolute atomic E-state index is 0.0918. The molecule has 94 valence electrons. The number of aromatic nitrogens is 1. The van der Waals surface area contributed by atoms with Crippen molar-refractivity contribution in [3.8, 4) is 0 Å². The fraction of sp³-hybridized carbons (Fsp3) is 0.538. The minimum atomic E-state index is -0.771. The summed E-state index contributed by atoms with van der Waals surface area (Å²) in [6, 6.07) is 3.58. The number of pyridine rings is 1. The maximum atomic E-state index is 12.0. The molecule has 0 spiro atoms. The summed E-state index contributed by atoms with van der Waals surface area (Å²) in [7, 11) is 0. The summed E-state index contributed by atoms with van der Waals surface area (Å²) in [5, 5.41) is 12.4. The predicted molar refractivity (Wildman–Crippen MR) is 66.3 cm³/mol. The maximum absolute atomic E-state index is 12.0. The van der Waals surface area contributed by atoms with E-state index in [-0.39, 0.29) is 12.5 Å². The van der Waals surface area contributed by atoms with E-state index in [1.54, 1.807) is 31.5 Å². The van der Waals surface area contributed by atoms with Crippen molar-refractivity contribution in [2.45, 2.75) is 33.2 Å². The third kappa shape index (κ3) is 3.27. The van der Waals surface area contributed by atoms with Crippen LogP contribution in [0.15, 0.2) is 24.5 Å². The van der Waals surface area contributed by atoms with Crippen LogP contribution in [0.2, 0.25) is 0 Å². The van der Waals surface area contributed by atoms with Gasteiger partial charge in [0.1, 0.15) is 0 Å². The molecular formula is C13H20N2O2. The summed E-state index contributed by atoms with van der Waals surface area (Å²) in [6.45, 7) is 7.16. The van der Waals surface area contributed by atoms with Crippen molar-refractivity contribution in [1.29, 1.82) is 0 Å². The average Bonchev–Trinajstić information content (AvgIpc) is 2.28. The molecule has 0 aliphatic rings. The monoisotopic (exact) mass is 236 g/mol. The Bertz CT molecular complexity index is 384. The molecule has 0 aromatic carbocycles. The number of rotatable bonds is 3. The standard InChI is InChI=1S/C13H20N2O2/c1-12(2,3)11(17)15-13(4,9-16)10-5-7-14-8-6-10/h5-8,16H,9H2,1-4H3,(H,15,17)/t13-/m1/s1. The van der Waals surface area contributed by atoms with E-state index < -0.39 is 11.0 Å². The Hall–Kier alpha value is -1.42. The van der Waals surface area contributed by atoms with E-state index in [1.165, 1.54) is 0 Å². The molecule has 4 heteroatoms. The lowest BCUT2D eigenvalue weighted by atomic mass is 9.89. The molecule has 0 aliphatic carbocycles. The van der Waals surface area contributed by atoms with Gasteiger partial charge in [-0.1, -0.05) is 20.8 Å². The lowest BCUT2D eigenvalue weighted by molar-refractivity contribution is -0.131. The zero-order valence-corrected chi connectivity index (χ0v) is 10.8. The number of hydrogen-bond acceptors (Lipinski definition) is 3. The summed E-state index contributed by atoms with van der Waals surface area (Å²) in [6.07, 6.45) is 3.29. The minimum Gasteiger partial charge on any atom is -0.394 e. The molecule has 1 heterocycles. The van der Waals surface area contributed by atoms with E-state index in [0.717, 1.165) is 5.56 Å². The number of carbonyl (C=O) groups excluding carboxylic acids is 1. The van der Waals surface area contributed by atoms with Gasteiger partial charge in [-0.2, -0.15) is 0 Å². The Morgan fingerprint density at radius 3 is 2.24 bits per heavy atom. The Labute approximate surface area is 102 Å². The zero-order valence-electron chi connectivity index (χ0n) is 10.8. The number of carbonyl (C=O) groups is 1. The predicted octanol–water partition coefficient (Wildman–Crippen LogP) is 1.45. The number of aliphatic hydroxyl groups excluding tert-OH is 1. The SMILES string of the molecule is CC(C)(C)C(=O)N[C@](C)(CO)c1ccncc1. The normalized spacial score (nSPS) is 15.1. The second-order valence-corrected chi connectivity index (χ2v) is 5.43. The second-order valence-electron chi connectivity index (χ2n) is 5.43. The quantitative estimate of drug-likeness (QED) is 0.835. The third-order valence-electron chi connectivity index (χ3n) is 2.70. The van der Waals surface area contributed by atoms with Crippen LogP contribution >= 0.6 is 0 Å². The molecule has 4 nitrogen and oxygen atoms in total. The highest BCUT2D eigenvalue weighted by Crippen LogP contribution is 2.22. The number of amides is 1. The van der Waals surface area contributed by atoms with Gasteiger partial charge in [0.05, 0.1) is 12.1 Å². The molecule has 17 heavy (non-hydrogen) atoms. The molecule has 0 unspecified atom stereocenters. The van der Waals surface area contributed by atoms with Gasteiger partial charge in [-0.25, -0.2) is 0 Å². The van der Waals surface area contributed by atoms with Gasteiger partial charge in [0.25, 0.3) is 0 Å². The molecule has 0 bridgehead atoms. The second kappa shape index (κ2) is 4.84. The van der Waals surface area contributed by atoms with Gasteiger partial charge < -0.3 is 10.4 Å². The lowest BCUT2D eigenvalue weighted by Crippen LogP contribution is -2.50. The zero-order chi connectivity index (χ0) is 13.1. The van der Waals surface area contributed by atoms with Crippen LogP contribution in [0.3, 0.4) is 0 Å². The van der Waals surface area contributed by atoms with E-state index in [2.05, 4.69) is 10.3 Å². The first-order valence-corrected chi connectivity index (χ1v) is 5.63. The number of nitrogens with zero attached hydrogens (tertiary/aromatic N) is 1. The summed E-state index contributed by atoms with van der Waals surface area (Å²) >= 11 is 0. The number of aliphatic hydroxyl groups is 1. The van der Waals surface area contributed by atoms with Crippen molar-refractivity contribution in [2.24, 2.45) is 5.41 Å². The molecule has 0 aliphatic heterocycles. The van der Waals surface area contributed by atoms with E-state index in [1.807, 2.05) is 20.8 Å². The molecule has 0 fully saturated rings.